The van der Waals surface area contributed by atoms with Gasteiger partial charge in [0.25, 0.3) is 11.8 Å². The van der Waals surface area contributed by atoms with Crippen molar-refractivity contribution in [2.24, 2.45) is 17.6 Å². The van der Waals surface area contributed by atoms with E-state index in [1.807, 2.05) is 0 Å². The first-order chi connectivity index (χ1) is 25.7. The Morgan fingerprint density at radius 1 is 0.873 bits per heavy atom. The van der Waals surface area contributed by atoms with Crippen molar-refractivity contribution in [2.45, 2.75) is 91.1 Å². The van der Waals surface area contributed by atoms with Crippen LogP contribution < -0.4 is 32.3 Å². The molecule has 9 N–H and O–H groups in total. The molecule has 0 aliphatic carbocycles. The first-order valence-electron chi connectivity index (χ1n) is 17.5. The number of benzene rings is 1. The number of nitrogens with zero attached hydrogens (tertiary/aromatic N) is 1. The summed E-state index contributed by atoms with van der Waals surface area (Å²) in [5.74, 6) is -6.16. The minimum absolute atomic E-state index is 0.0189. The van der Waals surface area contributed by atoms with Gasteiger partial charge >= 0.3 is 19.8 Å². The van der Waals surface area contributed by atoms with Gasteiger partial charge in [-0.25, -0.2) is 14.2 Å². The summed E-state index contributed by atoms with van der Waals surface area (Å²) >= 11 is 0. The van der Waals surface area contributed by atoms with Crippen molar-refractivity contribution in [3.63, 3.8) is 0 Å². The maximum Gasteiger partial charge on any atom is 0.472 e. The fraction of sp³-hybridized carbons (Fsp3) is 0.529. The molecule has 8 amide bonds. The van der Waals surface area contributed by atoms with Gasteiger partial charge in [0, 0.05) is 43.8 Å². The zero-order valence-corrected chi connectivity index (χ0v) is 32.1. The van der Waals surface area contributed by atoms with E-state index in [0.717, 1.165) is 17.1 Å². The van der Waals surface area contributed by atoms with Crippen LogP contribution in [0, 0.1) is 11.8 Å². The molecular formula is C34H50N7O13P. The largest absolute Gasteiger partial charge is 0.480 e. The number of rotatable bonds is 23. The molecule has 1 aromatic rings. The zero-order chi connectivity index (χ0) is 41.5. The lowest BCUT2D eigenvalue weighted by Crippen LogP contribution is -2.54. The molecule has 5 atom stereocenters. The Kier molecular flexibility index (Phi) is 18.1. The number of nitrogens with two attached hydrogens (primary N) is 1. The van der Waals surface area contributed by atoms with E-state index in [1.165, 1.54) is 31.2 Å². The second-order valence-electron chi connectivity index (χ2n) is 13.2. The molecule has 1 heterocycles. The van der Waals surface area contributed by atoms with Gasteiger partial charge in [-0.3, -0.25) is 42.7 Å². The first-order valence-corrected chi connectivity index (χ1v) is 19.0. The highest BCUT2D eigenvalue weighted by Crippen LogP contribution is 2.47. The number of amides is 8. The summed E-state index contributed by atoms with van der Waals surface area (Å²) in [5.41, 5.74) is 5.74. The number of anilines is 1. The van der Waals surface area contributed by atoms with E-state index in [9.17, 15) is 52.9 Å². The van der Waals surface area contributed by atoms with E-state index in [1.54, 1.807) is 27.7 Å². The summed E-state index contributed by atoms with van der Waals surface area (Å²) in [4.78, 5) is 109. The monoisotopic (exact) mass is 795 g/mol. The number of urea groups is 1. The van der Waals surface area contributed by atoms with Crippen molar-refractivity contribution in [3.05, 3.63) is 42.0 Å². The van der Waals surface area contributed by atoms with E-state index in [0.29, 0.717) is 5.56 Å². The van der Waals surface area contributed by atoms with Gasteiger partial charge in [0.2, 0.25) is 23.6 Å². The van der Waals surface area contributed by atoms with E-state index >= 15 is 0 Å². The number of carboxylic acid groups (broad SMARTS) is 1. The molecule has 0 saturated heterocycles. The van der Waals surface area contributed by atoms with Crippen molar-refractivity contribution < 1.29 is 62.0 Å². The van der Waals surface area contributed by atoms with Crippen LogP contribution in [-0.4, -0.2) is 99.7 Å². The fourth-order valence-corrected chi connectivity index (χ4v) is 6.12. The number of imide groups is 1. The van der Waals surface area contributed by atoms with E-state index in [2.05, 4.69) is 26.6 Å². The van der Waals surface area contributed by atoms with Gasteiger partial charge in [-0.2, -0.15) is 0 Å². The van der Waals surface area contributed by atoms with E-state index in [4.69, 9.17) is 14.8 Å². The van der Waals surface area contributed by atoms with Crippen molar-refractivity contribution in [1.82, 2.24) is 26.2 Å². The lowest BCUT2D eigenvalue weighted by molar-refractivity contribution is -0.145. The van der Waals surface area contributed by atoms with Crippen LogP contribution in [-0.2, 0) is 53.8 Å². The molecule has 0 radical (unpaired) electrons. The molecule has 0 aromatic heterocycles. The Morgan fingerprint density at radius 3 is 2.00 bits per heavy atom. The number of carbonyl (C=O) groups is 8. The highest BCUT2D eigenvalue weighted by molar-refractivity contribution is 7.47. The molecule has 20 nitrogen and oxygen atoms in total. The van der Waals surface area contributed by atoms with Crippen LogP contribution in [0.2, 0.25) is 0 Å². The summed E-state index contributed by atoms with van der Waals surface area (Å²) in [6.45, 7) is 7.40. The molecule has 21 heteroatoms. The van der Waals surface area contributed by atoms with Crippen LogP contribution in [0.3, 0.4) is 0 Å². The molecular weight excluding hydrogens is 745 g/mol. The maximum absolute atomic E-state index is 13.4. The standard InChI is InChI=1S/C34H50N7O13P/c1-6-24(42)39-29(33(48)49)30(20(4)5)54-55(51,52)53-18-21-9-11-22(12-10-21)37-31(46)23(8-7-16-36-34(35)50)38-32(47)28(19(2)3)40-25(43)15-17-41-26(44)13-14-27(41)45/h9-14,19-20,23,28-30H,6-8,15-18H2,1-5H3,(H,37,46)(H,38,47)(H,39,42)(H,40,43)(H,48,49)(H,51,52)(H3,35,36,50)/t23?,28?,29-,30+/m0/s1. The minimum atomic E-state index is -4.85. The highest BCUT2D eigenvalue weighted by Gasteiger charge is 2.39. The number of primary amides is 1. The Morgan fingerprint density at radius 2 is 1.47 bits per heavy atom. The molecule has 1 aliphatic rings. The second kappa shape index (κ2) is 21.7. The van der Waals surface area contributed by atoms with Crippen LogP contribution in [0.5, 0.6) is 0 Å². The molecule has 3 unspecified atom stereocenters. The van der Waals surface area contributed by atoms with Crippen LogP contribution in [0.25, 0.3) is 0 Å². The summed E-state index contributed by atoms with van der Waals surface area (Å²) in [6.07, 6.45) is 0.758. The van der Waals surface area contributed by atoms with Crippen LogP contribution in [0.1, 0.15) is 65.9 Å². The number of hydrogen-bond donors (Lipinski definition) is 8. The number of aliphatic carboxylic acids is 1. The Hall–Kier alpha value is -5.17. The minimum Gasteiger partial charge on any atom is -0.480 e. The topological polar surface area (TPSA) is 302 Å². The maximum atomic E-state index is 13.4. The molecule has 55 heavy (non-hydrogen) atoms. The summed E-state index contributed by atoms with van der Waals surface area (Å²) < 4.78 is 23.1. The Balaban J connectivity index is 2.09. The summed E-state index contributed by atoms with van der Waals surface area (Å²) in [5, 5.41) is 22.1. The molecule has 2 rings (SSSR count). The summed E-state index contributed by atoms with van der Waals surface area (Å²) in [6, 6.07) is 1.18. The summed E-state index contributed by atoms with van der Waals surface area (Å²) in [7, 11) is -4.85. The number of nitrogens with one attached hydrogen (secondary N) is 5. The molecule has 1 aromatic carbocycles. The van der Waals surface area contributed by atoms with E-state index in [-0.39, 0.29) is 44.5 Å². The fourth-order valence-electron chi connectivity index (χ4n) is 5.07. The Bertz CT molecular complexity index is 1630. The Labute approximate surface area is 317 Å². The quantitative estimate of drug-likeness (QED) is 0.0429. The lowest BCUT2D eigenvalue weighted by Gasteiger charge is -2.29. The first kappa shape index (κ1) is 46.0. The van der Waals surface area contributed by atoms with E-state index < -0.39 is 97.9 Å². The highest BCUT2D eigenvalue weighted by atomic mass is 31.2. The van der Waals surface area contributed by atoms with Crippen molar-refractivity contribution in [3.8, 4) is 0 Å². The third kappa shape index (κ3) is 15.6. The molecule has 0 spiro atoms. The van der Waals surface area contributed by atoms with Gasteiger partial charge in [0.05, 0.1) is 6.61 Å². The van der Waals surface area contributed by atoms with Gasteiger partial charge in [-0.1, -0.05) is 46.8 Å². The lowest BCUT2D eigenvalue weighted by atomic mass is 9.99. The number of carbonyl (C=O) groups excluding carboxylic acids is 7. The van der Waals surface area contributed by atoms with Gasteiger partial charge < -0.3 is 42.3 Å². The van der Waals surface area contributed by atoms with Gasteiger partial charge in [0.1, 0.15) is 18.2 Å². The third-order valence-electron chi connectivity index (χ3n) is 8.09. The van der Waals surface area contributed by atoms with Gasteiger partial charge in [0.15, 0.2) is 6.04 Å². The van der Waals surface area contributed by atoms with Crippen molar-refractivity contribution in [2.75, 3.05) is 18.4 Å². The van der Waals surface area contributed by atoms with Crippen LogP contribution in [0.4, 0.5) is 10.5 Å². The van der Waals surface area contributed by atoms with Gasteiger partial charge in [-0.15, -0.1) is 0 Å². The number of hydrogen-bond acceptors (Lipinski definition) is 11. The predicted octanol–water partition coefficient (Wildman–Crippen LogP) is 0.652. The smallest absolute Gasteiger partial charge is 0.472 e. The SMILES string of the molecule is CCC(=O)N[C@H](C(=O)O)[C@H](OP(=O)(O)OCc1ccc(NC(=O)C(CCCNC(N)=O)NC(=O)C(NC(=O)CCN2C(=O)C=CC2=O)C(C)C)cc1)C(C)C. The molecule has 0 fully saturated rings. The van der Waals surface area contributed by atoms with Gasteiger partial charge in [-0.05, 0) is 42.4 Å². The third-order valence-corrected chi connectivity index (χ3v) is 9.06. The number of phosphoric ester groups is 1. The second-order valence-corrected chi connectivity index (χ2v) is 14.6. The van der Waals surface area contributed by atoms with Crippen LogP contribution >= 0.6 is 7.82 Å². The average molecular weight is 796 g/mol. The molecule has 1 aliphatic heterocycles. The predicted molar refractivity (Wildman–Crippen MR) is 195 cm³/mol. The molecule has 0 bridgehead atoms. The number of carboxylic acids is 1. The molecule has 0 saturated carbocycles. The number of phosphoric acid groups is 1. The van der Waals surface area contributed by atoms with Crippen molar-refractivity contribution in [1.29, 1.82) is 0 Å². The van der Waals surface area contributed by atoms with Crippen LogP contribution in [0.15, 0.2) is 36.4 Å². The average Bonchev–Trinajstić information content (AvgIpc) is 3.43. The van der Waals surface area contributed by atoms with Crippen molar-refractivity contribution >= 4 is 61.0 Å². The molecule has 304 valence electrons. The zero-order valence-electron chi connectivity index (χ0n) is 31.2. The normalized spacial score (nSPS) is 15.8.